The molecule has 2 N–H and O–H groups in total. The molecule has 0 aromatic carbocycles. The van der Waals surface area contributed by atoms with Crippen LogP contribution in [0.3, 0.4) is 0 Å². The number of hydrogen-bond donors (Lipinski definition) is 1. The van der Waals surface area contributed by atoms with E-state index >= 15 is 0 Å². The first-order chi connectivity index (χ1) is 9.88. The van der Waals surface area contributed by atoms with E-state index in [1.165, 1.54) is 10.8 Å². The Balaban J connectivity index is 1.98. The van der Waals surface area contributed by atoms with Crippen LogP contribution in [0, 0.1) is 11.8 Å². The molecule has 0 amide bonds. The van der Waals surface area contributed by atoms with Gasteiger partial charge in [0.1, 0.15) is 6.33 Å². The highest BCUT2D eigenvalue weighted by atomic mass is 19.4. The summed E-state index contributed by atoms with van der Waals surface area (Å²) in [6, 6.07) is 0. The molecule has 0 radical (unpaired) electrons. The van der Waals surface area contributed by atoms with Gasteiger partial charge >= 0.3 is 6.18 Å². The predicted molar refractivity (Wildman–Crippen MR) is 68.3 cm³/mol. The van der Waals surface area contributed by atoms with Crippen LogP contribution in [0.1, 0.15) is 37.9 Å². The Hall–Kier alpha value is -1.93. The number of alkyl halides is 3. The molecule has 0 bridgehead atoms. The fourth-order valence-electron chi connectivity index (χ4n) is 2.97. The molecule has 1 fully saturated rings. The fraction of sp³-hybridized carbons (Fsp3) is 0.667. The number of aromatic nitrogens is 5. The number of nitrogens with two attached hydrogens (primary N) is 1. The Morgan fingerprint density at radius 1 is 1.29 bits per heavy atom. The molecule has 21 heavy (non-hydrogen) atoms. The van der Waals surface area contributed by atoms with E-state index < -0.39 is 12.1 Å². The highest BCUT2D eigenvalue weighted by Crippen LogP contribution is 2.45. The standard InChI is InChI=1S/C12H15F3N6/c1-6-2-3-7(12(13,14)15)4-8(6)10-19-20-11-9(16)17-5-18-21(10)11/h5-8H,2-4H2,1H3,(H2,16,17,18). The summed E-state index contributed by atoms with van der Waals surface area (Å²) in [5, 5.41) is 11.9. The van der Waals surface area contributed by atoms with E-state index in [1.807, 2.05) is 6.92 Å². The second kappa shape index (κ2) is 4.81. The molecule has 1 saturated carbocycles. The number of fused-ring (bicyclic) bond motifs is 1. The number of halogens is 3. The Bertz CT molecular complexity index is 652. The van der Waals surface area contributed by atoms with Crippen molar-refractivity contribution in [3.8, 4) is 0 Å². The van der Waals surface area contributed by atoms with Crippen LogP contribution in [0.4, 0.5) is 19.0 Å². The van der Waals surface area contributed by atoms with Gasteiger partial charge in [-0.1, -0.05) is 6.92 Å². The largest absolute Gasteiger partial charge is 0.391 e. The molecule has 3 atom stereocenters. The smallest absolute Gasteiger partial charge is 0.380 e. The Morgan fingerprint density at radius 2 is 2.05 bits per heavy atom. The van der Waals surface area contributed by atoms with Gasteiger partial charge in [0.05, 0.1) is 5.92 Å². The monoisotopic (exact) mass is 300 g/mol. The summed E-state index contributed by atoms with van der Waals surface area (Å²) in [7, 11) is 0. The van der Waals surface area contributed by atoms with Gasteiger partial charge < -0.3 is 5.73 Å². The van der Waals surface area contributed by atoms with Crippen molar-refractivity contribution in [2.45, 2.75) is 38.3 Å². The zero-order chi connectivity index (χ0) is 15.2. The van der Waals surface area contributed by atoms with Crippen molar-refractivity contribution < 1.29 is 13.2 Å². The van der Waals surface area contributed by atoms with Gasteiger partial charge in [-0.05, 0) is 25.2 Å². The molecule has 0 aliphatic heterocycles. The van der Waals surface area contributed by atoms with E-state index in [1.54, 1.807) is 0 Å². The van der Waals surface area contributed by atoms with Crippen molar-refractivity contribution in [3.63, 3.8) is 0 Å². The third kappa shape index (κ3) is 2.40. The minimum Gasteiger partial charge on any atom is -0.380 e. The summed E-state index contributed by atoms with van der Waals surface area (Å²) < 4.78 is 40.3. The number of rotatable bonds is 1. The average molecular weight is 300 g/mol. The van der Waals surface area contributed by atoms with E-state index in [0.717, 1.165) is 0 Å². The molecule has 0 saturated heterocycles. The number of nitrogen functional groups attached to an aromatic ring is 1. The minimum absolute atomic E-state index is 0.00929. The fourth-order valence-corrected chi connectivity index (χ4v) is 2.97. The van der Waals surface area contributed by atoms with E-state index in [-0.39, 0.29) is 36.1 Å². The quantitative estimate of drug-likeness (QED) is 0.873. The molecular formula is C12H15F3N6. The van der Waals surface area contributed by atoms with Crippen molar-refractivity contribution >= 4 is 11.5 Å². The second-order valence-electron chi connectivity index (χ2n) is 5.57. The van der Waals surface area contributed by atoms with Crippen molar-refractivity contribution in [2.75, 3.05) is 5.73 Å². The summed E-state index contributed by atoms with van der Waals surface area (Å²) >= 11 is 0. The van der Waals surface area contributed by atoms with Gasteiger partial charge in [0.15, 0.2) is 11.6 Å². The lowest BCUT2D eigenvalue weighted by Gasteiger charge is -2.34. The van der Waals surface area contributed by atoms with Gasteiger partial charge in [0.2, 0.25) is 5.65 Å². The molecular weight excluding hydrogens is 285 g/mol. The van der Waals surface area contributed by atoms with Crippen molar-refractivity contribution in [1.82, 2.24) is 24.8 Å². The SMILES string of the molecule is CC1CCC(C(F)(F)F)CC1c1nnc2c(N)ncnn12. The molecule has 2 heterocycles. The number of anilines is 1. The maximum atomic E-state index is 13.0. The molecule has 0 spiro atoms. The van der Waals surface area contributed by atoms with Gasteiger partial charge in [0, 0.05) is 5.92 Å². The number of hydrogen-bond acceptors (Lipinski definition) is 5. The van der Waals surface area contributed by atoms with Crippen molar-refractivity contribution in [2.24, 2.45) is 11.8 Å². The Kier molecular flexibility index (Phi) is 3.22. The third-order valence-electron chi connectivity index (χ3n) is 4.25. The number of nitrogens with zero attached hydrogens (tertiary/aromatic N) is 5. The zero-order valence-electron chi connectivity index (χ0n) is 11.4. The maximum Gasteiger partial charge on any atom is 0.391 e. The minimum atomic E-state index is -4.17. The van der Waals surface area contributed by atoms with Crippen LogP contribution in [0.15, 0.2) is 6.33 Å². The summed E-state index contributed by atoms with van der Waals surface area (Å²) in [6.07, 6.45) is -2.24. The molecule has 1 aliphatic carbocycles. The van der Waals surface area contributed by atoms with E-state index in [0.29, 0.717) is 12.2 Å². The van der Waals surface area contributed by atoms with Gasteiger partial charge in [-0.25, -0.2) is 4.98 Å². The van der Waals surface area contributed by atoms with Crippen molar-refractivity contribution in [3.05, 3.63) is 12.2 Å². The van der Waals surface area contributed by atoms with Crippen LogP contribution in [-0.4, -0.2) is 31.0 Å². The lowest BCUT2D eigenvalue weighted by molar-refractivity contribution is -0.185. The highest BCUT2D eigenvalue weighted by Gasteiger charge is 2.45. The zero-order valence-corrected chi connectivity index (χ0v) is 11.4. The average Bonchev–Trinajstić information content (AvgIpc) is 2.83. The summed E-state index contributed by atoms with van der Waals surface area (Å²) in [4.78, 5) is 3.80. The topological polar surface area (TPSA) is 82.0 Å². The normalized spacial score (nSPS) is 27.1. The molecule has 1 aliphatic rings. The van der Waals surface area contributed by atoms with Crippen LogP contribution in [-0.2, 0) is 0 Å². The highest BCUT2D eigenvalue weighted by molar-refractivity contribution is 5.57. The van der Waals surface area contributed by atoms with Gasteiger partial charge in [-0.3, -0.25) is 0 Å². The molecule has 9 heteroatoms. The maximum absolute atomic E-state index is 13.0. The Morgan fingerprint density at radius 3 is 2.76 bits per heavy atom. The predicted octanol–water partition coefficient (Wildman–Crippen LogP) is 2.18. The van der Waals surface area contributed by atoms with E-state index in [9.17, 15) is 13.2 Å². The molecule has 3 unspecified atom stereocenters. The lowest BCUT2D eigenvalue weighted by Crippen LogP contribution is -2.32. The van der Waals surface area contributed by atoms with Gasteiger partial charge in [0.25, 0.3) is 0 Å². The summed E-state index contributed by atoms with van der Waals surface area (Å²) in [5.74, 6) is -0.952. The van der Waals surface area contributed by atoms with Crippen LogP contribution in [0.2, 0.25) is 0 Å². The molecule has 6 nitrogen and oxygen atoms in total. The van der Waals surface area contributed by atoms with Gasteiger partial charge in [-0.2, -0.15) is 22.8 Å². The molecule has 2 aromatic rings. The van der Waals surface area contributed by atoms with Crippen LogP contribution < -0.4 is 5.73 Å². The van der Waals surface area contributed by atoms with Crippen LogP contribution in [0.25, 0.3) is 5.65 Å². The van der Waals surface area contributed by atoms with Crippen molar-refractivity contribution in [1.29, 1.82) is 0 Å². The molecule has 3 rings (SSSR count). The molecule has 114 valence electrons. The molecule has 2 aromatic heterocycles. The van der Waals surface area contributed by atoms with Crippen LogP contribution in [0.5, 0.6) is 0 Å². The lowest BCUT2D eigenvalue weighted by atomic mass is 9.74. The van der Waals surface area contributed by atoms with E-state index in [4.69, 9.17) is 5.73 Å². The first kappa shape index (κ1) is 14.0. The summed E-state index contributed by atoms with van der Waals surface area (Å²) in [5.41, 5.74) is 5.96. The Labute approximate surface area is 118 Å². The summed E-state index contributed by atoms with van der Waals surface area (Å²) in [6.45, 7) is 1.93. The van der Waals surface area contributed by atoms with E-state index in [2.05, 4.69) is 20.3 Å². The third-order valence-corrected chi connectivity index (χ3v) is 4.25. The second-order valence-corrected chi connectivity index (χ2v) is 5.57. The van der Waals surface area contributed by atoms with Crippen LogP contribution >= 0.6 is 0 Å². The van der Waals surface area contributed by atoms with Gasteiger partial charge in [-0.15, -0.1) is 10.2 Å². The first-order valence-electron chi connectivity index (χ1n) is 6.76. The first-order valence-corrected chi connectivity index (χ1v) is 6.76.